The molecule has 0 atom stereocenters. The van der Waals surface area contributed by atoms with Gasteiger partial charge in [0.1, 0.15) is 11.5 Å². The molecule has 0 aliphatic carbocycles. The lowest BCUT2D eigenvalue weighted by Crippen LogP contribution is -2.52. The lowest BCUT2D eigenvalue weighted by Gasteiger charge is -2.42. The van der Waals surface area contributed by atoms with Crippen LogP contribution < -0.4 is 20.1 Å². The number of anilines is 2. The normalized spacial score (nSPS) is 19.8. The highest BCUT2D eigenvalue weighted by molar-refractivity contribution is 5.70. The van der Waals surface area contributed by atoms with Crippen molar-refractivity contribution >= 4 is 11.4 Å². The highest BCUT2D eigenvalue weighted by atomic mass is 16.5. The number of hydrogen-bond donors (Lipinski definition) is 2. The minimum Gasteiger partial charge on any atom is -0.495 e. The van der Waals surface area contributed by atoms with Gasteiger partial charge in [-0.05, 0) is 32.7 Å². The lowest BCUT2D eigenvalue weighted by atomic mass is 10.0. The molecule has 1 aromatic carbocycles. The third-order valence-corrected chi connectivity index (χ3v) is 5.98. The summed E-state index contributed by atoms with van der Waals surface area (Å²) < 4.78 is 11.5. The Morgan fingerprint density at radius 1 is 1.04 bits per heavy atom. The van der Waals surface area contributed by atoms with Crippen molar-refractivity contribution in [2.24, 2.45) is 0 Å². The Balaban J connectivity index is 1.64. The van der Waals surface area contributed by atoms with Gasteiger partial charge >= 0.3 is 0 Å². The summed E-state index contributed by atoms with van der Waals surface area (Å²) >= 11 is 0. The second kappa shape index (κ2) is 10.2. The molecule has 0 unspecified atom stereocenters. The van der Waals surface area contributed by atoms with Crippen LogP contribution in [0.5, 0.6) is 11.5 Å². The van der Waals surface area contributed by atoms with Crippen LogP contribution in [0.1, 0.15) is 25.7 Å². The SMILES string of the molecule is COc1cc(N2CCC(N3CCN(C)CC3)CC2)c(OCCCCO)cc1N. The maximum absolute atomic E-state index is 8.97. The van der Waals surface area contributed by atoms with Crippen molar-refractivity contribution in [2.45, 2.75) is 31.7 Å². The number of methoxy groups -OCH3 is 1. The second-order valence-corrected chi connectivity index (χ2v) is 7.90. The summed E-state index contributed by atoms with van der Waals surface area (Å²) in [6.07, 6.45) is 3.91. The van der Waals surface area contributed by atoms with E-state index in [-0.39, 0.29) is 6.61 Å². The highest BCUT2D eigenvalue weighted by Crippen LogP contribution is 2.38. The van der Waals surface area contributed by atoms with E-state index in [0.717, 1.165) is 37.4 Å². The highest BCUT2D eigenvalue weighted by Gasteiger charge is 2.28. The zero-order valence-electron chi connectivity index (χ0n) is 17.4. The Bertz CT molecular complexity index is 612. The summed E-state index contributed by atoms with van der Waals surface area (Å²) in [4.78, 5) is 7.47. The molecule has 7 nitrogen and oxygen atoms in total. The van der Waals surface area contributed by atoms with Crippen LogP contribution in [-0.4, -0.2) is 87.6 Å². The van der Waals surface area contributed by atoms with Crippen LogP contribution in [0.15, 0.2) is 12.1 Å². The Hall–Kier alpha value is -1.70. The molecule has 0 radical (unpaired) electrons. The molecule has 1 aromatic rings. The second-order valence-electron chi connectivity index (χ2n) is 7.90. The van der Waals surface area contributed by atoms with Crippen molar-refractivity contribution < 1.29 is 14.6 Å². The van der Waals surface area contributed by atoms with Crippen LogP contribution in [0.2, 0.25) is 0 Å². The van der Waals surface area contributed by atoms with E-state index in [0.29, 0.717) is 24.1 Å². The van der Waals surface area contributed by atoms with Crippen molar-refractivity contribution in [1.29, 1.82) is 0 Å². The number of aliphatic hydroxyl groups excluding tert-OH is 1. The third kappa shape index (κ3) is 5.21. The lowest BCUT2D eigenvalue weighted by molar-refractivity contribution is 0.0981. The first-order valence-corrected chi connectivity index (χ1v) is 10.5. The summed E-state index contributed by atoms with van der Waals surface area (Å²) in [6.45, 7) is 7.49. The van der Waals surface area contributed by atoms with Crippen molar-refractivity contribution in [2.75, 3.05) is 77.3 Å². The fraction of sp³-hybridized carbons (Fsp3) is 0.714. The maximum atomic E-state index is 8.97. The summed E-state index contributed by atoms with van der Waals surface area (Å²) in [5.41, 5.74) is 7.77. The predicted molar refractivity (Wildman–Crippen MR) is 114 cm³/mol. The van der Waals surface area contributed by atoms with Crippen molar-refractivity contribution in [1.82, 2.24) is 9.80 Å². The van der Waals surface area contributed by atoms with Crippen LogP contribution in [0, 0.1) is 0 Å². The number of nitrogens with zero attached hydrogens (tertiary/aromatic N) is 3. The van der Waals surface area contributed by atoms with Gasteiger partial charge in [0.25, 0.3) is 0 Å². The number of nitrogen functional groups attached to an aromatic ring is 1. The minimum atomic E-state index is 0.195. The van der Waals surface area contributed by atoms with E-state index >= 15 is 0 Å². The number of hydrogen-bond acceptors (Lipinski definition) is 7. The van der Waals surface area contributed by atoms with Gasteiger partial charge in [-0.3, -0.25) is 4.90 Å². The van der Waals surface area contributed by atoms with Gasteiger partial charge in [-0.15, -0.1) is 0 Å². The van der Waals surface area contributed by atoms with Crippen molar-refractivity contribution in [3.05, 3.63) is 12.1 Å². The topological polar surface area (TPSA) is 74.4 Å². The molecule has 0 saturated carbocycles. The first-order chi connectivity index (χ1) is 13.6. The van der Waals surface area contributed by atoms with Crippen LogP contribution in [0.4, 0.5) is 11.4 Å². The van der Waals surface area contributed by atoms with E-state index in [1.165, 1.54) is 39.0 Å². The van der Waals surface area contributed by atoms with Gasteiger partial charge in [-0.25, -0.2) is 0 Å². The average Bonchev–Trinajstić information content (AvgIpc) is 2.72. The largest absolute Gasteiger partial charge is 0.495 e. The van der Waals surface area contributed by atoms with E-state index in [9.17, 15) is 0 Å². The number of unbranched alkanes of at least 4 members (excludes halogenated alkanes) is 1. The molecule has 3 N–H and O–H groups in total. The van der Waals surface area contributed by atoms with Crippen LogP contribution in [-0.2, 0) is 0 Å². The monoisotopic (exact) mass is 392 g/mol. The van der Waals surface area contributed by atoms with E-state index in [1.807, 2.05) is 12.1 Å². The first kappa shape index (κ1) is 21.0. The number of aliphatic hydroxyl groups is 1. The predicted octanol–water partition coefficient (Wildman–Crippen LogP) is 1.64. The van der Waals surface area contributed by atoms with Gasteiger partial charge in [0.15, 0.2) is 0 Å². The van der Waals surface area contributed by atoms with E-state index in [4.69, 9.17) is 20.3 Å². The Kier molecular flexibility index (Phi) is 7.65. The molecule has 158 valence electrons. The number of benzene rings is 1. The van der Waals surface area contributed by atoms with E-state index < -0.39 is 0 Å². The standard InChI is InChI=1S/C21H36N4O3/c1-23-9-11-24(12-10-23)17-5-7-25(8-6-17)19-16-20(27-2)18(22)15-21(19)28-14-4-3-13-26/h15-17,26H,3-14,22H2,1-2H3. The number of piperidine rings is 1. The van der Waals surface area contributed by atoms with Crippen molar-refractivity contribution in [3.8, 4) is 11.5 Å². The number of rotatable bonds is 8. The fourth-order valence-electron chi connectivity index (χ4n) is 4.16. The molecule has 3 rings (SSSR count). The molecule has 0 spiro atoms. The van der Waals surface area contributed by atoms with Gasteiger partial charge in [0, 0.05) is 64.0 Å². The Morgan fingerprint density at radius 3 is 2.39 bits per heavy atom. The smallest absolute Gasteiger partial charge is 0.144 e. The number of likely N-dealkylation sites (N-methyl/N-ethyl adjacent to an activating group) is 1. The molecule has 28 heavy (non-hydrogen) atoms. The summed E-state index contributed by atoms with van der Waals surface area (Å²) in [5.74, 6) is 1.51. The molecule has 0 amide bonds. The Morgan fingerprint density at radius 2 is 1.75 bits per heavy atom. The van der Waals surface area contributed by atoms with E-state index in [1.54, 1.807) is 7.11 Å². The van der Waals surface area contributed by atoms with Gasteiger partial charge in [-0.2, -0.15) is 0 Å². The third-order valence-electron chi connectivity index (χ3n) is 5.98. The number of piperazine rings is 1. The van der Waals surface area contributed by atoms with Crippen LogP contribution in [0.3, 0.4) is 0 Å². The van der Waals surface area contributed by atoms with Crippen LogP contribution in [0.25, 0.3) is 0 Å². The zero-order chi connectivity index (χ0) is 19.9. The Labute approximate surface area is 169 Å². The number of ether oxygens (including phenoxy) is 2. The molecular weight excluding hydrogens is 356 g/mol. The maximum Gasteiger partial charge on any atom is 0.144 e. The average molecular weight is 393 g/mol. The molecule has 2 heterocycles. The van der Waals surface area contributed by atoms with Crippen molar-refractivity contribution in [3.63, 3.8) is 0 Å². The van der Waals surface area contributed by atoms with E-state index in [2.05, 4.69) is 21.7 Å². The molecular formula is C21H36N4O3. The molecule has 2 fully saturated rings. The van der Waals surface area contributed by atoms with Gasteiger partial charge in [-0.1, -0.05) is 0 Å². The molecule has 2 aliphatic rings. The molecule has 7 heteroatoms. The summed E-state index contributed by atoms with van der Waals surface area (Å²) in [6, 6.07) is 4.56. The molecule has 2 aliphatic heterocycles. The van der Waals surface area contributed by atoms with Gasteiger partial charge < -0.3 is 30.1 Å². The van der Waals surface area contributed by atoms with Gasteiger partial charge in [0.2, 0.25) is 0 Å². The molecule has 0 aromatic heterocycles. The van der Waals surface area contributed by atoms with Gasteiger partial charge in [0.05, 0.1) is 25.1 Å². The zero-order valence-corrected chi connectivity index (χ0v) is 17.4. The quantitative estimate of drug-likeness (QED) is 0.515. The minimum absolute atomic E-state index is 0.195. The molecule has 2 saturated heterocycles. The molecule has 0 bridgehead atoms. The first-order valence-electron chi connectivity index (χ1n) is 10.5. The summed E-state index contributed by atoms with van der Waals surface area (Å²) in [5, 5.41) is 8.97. The summed E-state index contributed by atoms with van der Waals surface area (Å²) in [7, 11) is 3.85. The van der Waals surface area contributed by atoms with Crippen LogP contribution >= 0.6 is 0 Å². The number of nitrogens with two attached hydrogens (primary N) is 1. The fourth-order valence-corrected chi connectivity index (χ4v) is 4.16.